The Morgan fingerprint density at radius 3 is 2.65 bits per heavy atom. The van der Waals surface area contributed by atoms with E-state index in [4.69, 9.17) is 4.74 Å². The topological polar surface area (TPSA) is 92.7 Å². The van der Waals surface area contributed by atoms with Crippen molar-refractivity contribution in [2.24, 2.45) is 11.8 Å². The van der Waals surface area contributed by atoms with Gasteiger partial charge in [-0.1, -0.05) is 19.1 Å². The highest BCUT2D eigenvalue weighted by atomic mass is 32.1. The number of anilines is 1. The summed E-state index contributed by atoms with van der Waals surface area (Å²) >= 11 is 1.41. The molecule has 1 amide bonds. The highest BCUT2D eigenvalue weighted by molar-refractivity contribution is 7.17. The number of nitrogens with one attached hydrogen (secondary N) is 1. The molecule has 2 N–H and O–H groups in total. The molecule has 0 saturated heterocycles. The molecule has 1 aromatic heterocycles. The van der Waals surface area contributed by atoms with E-state index in [0.717, 1.165) is 36.1 Å². The molecule has 0 aromatic carbocycles. The summed E-state index contributed by atoms with van der Waals surface area (Å²) in [7, 11) is 0. The molecule has 3 rings (SSSR count). The van der Waals surface area contributed by atoms with Crippen molar-refractivity contribution in [1.29, 1.82) is 0 Å². The number of aliphatic carboxylic acids is 1. The van der Waals surface area contributed by atoms with E-state index in [1.165, 1.54) is 11.3 Å². The molecule has 2 aliphatic carbocycles. The molecule has 6 nitrogen and oxygen atoms in total. The largest absolute Gasteiger partial charge is 0.481 e. The van der Waals surface area contributed by atoms with E-state index in [1.807, 2.05) is 13.0 Å². The SMILES string of the molecule is CCCOC(=O)c1c(NC(=O)[C@@H]2CC=CC[C@@H]2C(=O)O)sc2c1CCC2. The van der Waals surface area contributed by atoms with Crippen molar-refractivity contribution >= 4 is 34.2 Å². The summed E-state index contributed by atoms with van der Waals surface area (Å²) in [6.07, 6.45) is 7.82. The Bertz CT molecular complexity index is 751. The molecular formula is C19H23NO5S. The molecule has 0 spiro atoms. The first-order valence-electron chi connectivity index (χ1n) is 9.03. The number of ether oxygens (including phenoxy) is 1. The molecule has 0 bridgehead atoms. The van der Waals surface area contributed by atoms with Crippen LogP contribution in [-0.4, -0.2) is 29.6 Å². The second kappa shape index (κ2) is 8.03. The Balaban J connectivity index is 1.83. The van der Waals surface area contributed by atoms with Gasteiger partial charge in [0.15, 0.2) is 0 Å². The molecule has 0 saturated carbocycles. The van der Waals surface area contributed by atoms with Gasteiger partial charge in [-0.2, -0.15) is 0 Å². The van der Waals surface area contributed by atoms with Gasteiger partial charge >= 0.3 is 11.9 Å². The lowest BCUT2D eigenvalue weighted by Gasteiger charge is -2.24. The van der Waals surface area contributed by atoms with Crippen molar-refractivity contribution in [3.8, 4) is 0 Å². The summed E-state index contributed by atoms with van der Waals surface area (Å²) < 4.78 is 5.30. The number of fused-ring (bicyclic) bond motifs is 1. The molecule has 1 aromatic rings. The summed E-state index contributed by atoms with van der Waals surface area (Å²) in [5, 5.41) is 12.7. The Hall–Kier alpha value is -2.15. The number of allylic oxidation sites excluding steroid dienone is 2. The number of carboxylic acids is 1. The third-order valence-corrected chi connectivity index (χ3v) is 6.09. The quantitative estimate of drug-likeness (QED) is 0.585. The van der Waals surface area contributed by atoms with E-state index in [1.54, 1.807) is 6.08 Å². The van der Waals surface area contributed by atoms with Crippen LogP contribution < -0.4 is 5.32 Å². The second-order valence-electron chi connectivity index (χ2n) is 6.68. The average molecular weight is 377 g/mol. The minimum Gasteiger partial charge on any atom is -0.481 e. The fourth-order valence-corrected chi connectivity index (χ4v) is 4.84. The number of hydrogen-bond acceptors (Lipinski definition) is 5. The van der Waals surface area contributed by atoms with E-state index in [2.05, 4.69) is 5.32 Å². The lowest BCUT2D eigenvalue weighted by Crippen LogP contribution is -2.34. The third kappa shape index (κ3) is 3.67. The minimum absolute atomic E-state index is 0.339. The zero-order valence-electron chi connectivity index (χ0n) is 14.7. The van der Waals surface area contributed by atoms with E-state index in [0.29, 0.717) is 30.0 Å². The normalized spacial score (nSPS) is 21.3. The zero-order valence-corrected chi connectivity index (χ0v) is 15.6. The molecule has 0 unspecified atom stereocenters. The summed E-state index contributed by atoms with van der Waals surface area (Å²) in [5.74, 6) is -3.08. The molecule has 0 fully saturated rings. The van der Waals surface area contributed by atoms with Crippen molar-refractivity contribution in [1.82, 2.24) is 0 Å². The average Bonchev–Trinajstić information content (AvgIpc) is 3.20. The van der Waals surface area contributed by atoms with Crippen LogP contribution in [0.25, 0.3) is 0 Å². The van der Waals surface area contributed by atoms with Crippen LogP contribution in [0.2, 0.25) is 0 Å². The van der Waals surface area contributed by atoms with Crippen molar-refractivity contribution in [2.45, 2.75) is 45.4 Å². The molecule has 26 heavy (non-hydrogen) atoms. The maximum Gasteiger partial charge on any atom is 0.341 e. The fourth-order valence-electron chi connectivity index (χ4n) is 3.56. The molecule has 1 heterocycles. The number of rotatable bonds is 6. The van der Waals surface area contributed by atoms with Crippen molar-refractivity contribution in [2.75, 3.05) is 11.9 Å². The van der Waals surface area contributed by atoms with Gasteiger partial charge in [-0.3, -0.25) is 9.59 Å². The van der Waals surface area contributed by atoms with Gasteiger partial charge in [0.25, 0.3) is 0 Å². The van der Waals surface area contributed by atoms with Crippen LogP contribution in [-0.2, 0) is 27.2 Å². The number of carbonyl (C=O) groups is 3. The highest BCUT2D eigenvalue weighted by Gasteiger charge is 2.35. The summed E-state index contributed by atoms with van der Waals surface area (Å²) in [5.41, 5.74) is 1.44. The first-order valence-corrected chi connectivity index (χ1v) is 9.84. The van der Waals surface area contributed by atoms with Crippen LogP contribution in [0.15, 0.2) is 12.2 Å². The minimum atomic E-state index is -0.967. The van der Waals surface area contributed by atoms with E-state index in [9.17, 15) is 19.5 Å². The first kappa shape index (κ1) is 18.6. The Kier molecular flexibility index (Phi) is 5.76. The standard InChI is InChI=1S/C19H23NO5S/c1-2-10-25-19(24)15-13-8-5-9-14(13)26-17(15)20-16(21)11-6-3-4-7-12(11)18(22)23/h3-4,11-12H,2,5-10H2,1H3,(H,20,21)(H,22,23)/t11-,12+/m1/s1. The van der Waals surface area contributed by atoms with Gasteiger partial charge in [0.05, 0.1) is 24.0 Å². The van der Waals surface area contributed by atoms with E-state index < -0.39 is 23.8 Å². The molecule has 0 aliphatic heterocycles. The molecule has 140 valence electrons. The van der Waals surface area contributed by atoms with Gasteiger partial charge in [0, 0.05) is 4.88 Å². The molecule has 2 atom stereocenters. The fraction of sp³-hybridized carbons (Fsp3) is 0.526. The number of thiophene rings is 1. The summed E-state index contributed by atoms with van der Waals surface area (Å²) in [6.45, 7) is 2.27. The third-order valence-electron chi connectivity index (χ3n) is 4.89. The molecule has 7 heteroatoms. The predicted octanol–water partition coefficient (Wildman–Crippen LogP) is 3.41. The van der Waals surface area contributed by atoms with Gasteiger partial charge in [0.2, 0.25) is 5.91 Å². The van der Waals surface area contributed by atoms with Gasteiger partial charge in [0.1, 0.15) is 5.00 Å². The van der Waals surface area contributed by atoms with Crippen LogP contribution in [0.3, 0.4) is 0 Å². The maximum atomic E-state index is 12.7. The van der Waals surface area contributed by atoms with Crippen LogP contribution in [0.5, 0.6) is 0 Å². The summed E-state index contributed by atoms with van der Waals surface area (Å²) in [6, 6.07) is 0. The number of esters is 1. The molecule has 0 radical (unpaired) electrons. The number of hydrogen-bond donors (Lipinski definition) is 2. The predicted molar refractivity (Wildman–Crippen MR) is 98.5 cm³/mol. The van der Waals surface area contributed by atoms with Gasteiger partial charge in [-0.25, -0.2) is 4.79 Å². The van der Waals surface area contributed by atoms with E-state index >= 15 is 0 Å². The van der Waals surface area contributed by atoms with Crippen LogP contribution in [0.1, 0.15) is 53.4 Å². The van der Waals surface area contributed by atoms with Crippen LogP contribution in [0.4, 0.5) is 5.00 Å². The lowest BCUT2D eigenvalue weighted by atomic mass is 9.82. The number of amides is 1. The Morgan fingerprint density at radius 1 is 1.23 bits per heavy atom. The maximum absolute atomic E-state index is 12.7. The van der Waals surface area contributed by atoms with Gasteiger partial charge in [-0.15, -0.1) is 11.3 Å². The monoisotopic (exact) mass is 377 g/mol. The number of carbonyl (C=O) groups excluding carboxylic acids is 2. The highest BCUT2D eigenvalue weighted by Crippen LogP contribution is 2.40. The zero-order chi connectivity index (χ0) is 18.7. The molecule has 2 aliphatic rings. The van der Waals surface area contributed by atoms with Crippen LogP contribution >= 0.6 is 11.3 Å². The number of aryl methyl sites for hydroxylation is 1. The lowest BCUT2D eigenvalue weighted by molar-refractivity contribution is -0.146. The van der Waals surface area contributed by atoms with Gasteiger partial charge in [-0.05, 0) is 44.1 Å². The number of carboxylic acid groups (broad SMARTS) is 1. The Morgan fingerprint density at radius 2 is 1.96 bits per heavy atom. The van der Waals surface area contributed by atoms with Crippen molar-refractivity contribution < 1.29 is 24.2 Å². The Labute approximate surface area is 156 Å². The van der Waals surface area contributed by atoms with Crippen molar-refractivity contribution in [3.63, 3.8) is 0 Å². The molecular weight excluding hydrogens is 354 g/mol. The van der Waals surface area contributed by atoms with Crippen LogP contribution in [0, 0.1) is 11.8 Å². The first-order chi connectivity index (χ1) is 12.5. The second-order valence-corrected chi connectivity index (χ2v) is 7.79. The summed E-state index contributed by atoms with van der Waals surface area (Å²) in [4.78, 5) is 37.8. The van der Waals surface area contributed by atoms with E-state index in [-0.39, 0.29) is 5.91 Å². The van der Waals surface area contributed by atoms with Gasteiger partial charge < -0.3 is 15.2 Å². The smallest absolute Gasteiger partial charge is 0.341 e. The van der Waals surface area contributed by atoms with Crippen molar-refractivity contribution in [3.05, 3.63) is 28.2 Å².